The molecule has 4 heteroatoms. The fraction of sp³-hybridized carbons (Fsp3) is 0.250. The lowest BCUT2D eigenvalue weighted by Gasteiger charge is -1.93. The van der Waals surface area contributed by atoms with Crippen molar-refractivity contribution in [3.8, 4) is 0 Å². The number of carbonyl (C=O) groups is 1. The maximum absolute atomic E-state index is 10.2. The number of rotatable bonds is 1. The monoisotopic (exact) mass is 132 g/mol. The molecule has 0 aliphatic heterocycles. The van der Waals surface area contributed by atoms with Crippen LogP contribution in [0.3, 0.4) is 0 Å². The Kier molecular flexibility index (Phi) is 2.41. The normalized spacial score (nSPS) is 12.8. The summed E-state index contributed by atoms with van der Waals surface area (Å²) in [7, 11) is 0. The van der Waals surface area contributed by atoms with Gasteiger partial charge in [0.1, 0.15) is 0 Å². The first-order valence-corrected chi connectivity index (χ1v) is 2.45. The third kappa shape index (κ3) is 1.88. The molecule has 0 saturated heterocycles. The molecule has 46 valence electrons. The van der Waals surface area contributed by atoms with Crippen molar-refractivity contribution >= 4 is 18.5 Å². The van der Waals surface area contributed by atoms with Crippen LogP contribution in [0.25, 0.3) is 0 Å². The van der Waals surface area contributed by atoms with E-state index in [-0.39, 0.29) is 5.03 Å². The number of carbonyl (C=O) groups excluding carboxylic acids is 1. The molecule has 0 fully saturated rings. The van der Waals surface area contributed by atoms with Crippen molar-refractivity contribution < 1.29 is 4.79 Å². The number of hydrogen-bond acceptors (Lipinski definition) is 3. The minimum atomic E-state index is -0.530. The largest absolute Gasteiger partial charge is 0.393 e. The Morgan fingerprint density at radius 1 is 1.50 bits per heavy atom. The molecule has 0 atom stereocenters. The first-order valence-electron chi connectivity index (χ1n) is 2.01. The molecule has 1 amide bonds. The Balaban J connectivity index is 4.23. The lowest BCUT2D eigenvalue weighted by Crippen LogP contribution is -2.14. The van der Waals surface area contributed by atoms with Crippen molar-refractivity contribution in [2.75, 3.05) is 0 Å². The van der Waals surface area contributed by atoms with Crippen molar-refractivity contribution in [1.29, 1.82) is 0 Å². The van der Waals surface area contributed by atoms with Crippen LogP contribution in [0.4, 0.5) is 0 Å². The third-order valence-electron chi connectivity index (χ3n) is 0.754. The summed E-state index contributed by atoms with van der Waals surface area (Å²) in [5.74, 6) is -0.530. The summed E-state index contributed by atoms with van der Waals surface area (Å²) in [6, 6.07) is 0. The van der Waals surface area contributed by atoms with Gasteiger partial charge in [-0.15, -0.1) is 12.6 Å². The number of primary amides is 1. The highest BCUT2D eigenvalue weighted by Gasteiger charge is 1.98. The van der Waals surface area contributed by atoms with Gasteiger partial charge in [0.05, 0.1) is 5.03 Å². The zero-order chi connectivity index (χ0) is 6.73. The van der Waals surface area contributed by atoms with Gasteiger partial charge in [0.25, 0.3) is 0 Å². The second kappa shape index (κ2) is 2.61. The van der Waals surface area contributed by atoms with Crippen LogP contribution in [0.1, 0.15) is 6.92 Å². The number of nitrogens with two attached hydrogens (primary N) is 2. The van der Waals surface area contributed by atoms with Gasteiger partial charge in [-0.1, -0.05) is 0 Å². The second-order valence-corrected chi connectivity index (χ2v) is 1.86. The zero-order valence-electron chi connectivity index (χ0n) is 4.51. The molecule has 4 N–H and O–H groups in total. The van der Waals surface area contributed by atoms with E-state index in [0.29, 0.717) is 5.57 Å². The van der Waals surface area contributed by atoms with E-state index in [0.717, 1.165) is 0 Å². The van der Waals surface area contributed by atoms with Gasteiger partial charge in [-0.25, -0.2) is 0 Å². The van der Waals surface area contributed by atoms with Crippen LogP contribution < -0.4 is 11.5 Å². The SMILES string of the molecule is C/C(C(N)=O)=C(\N)S. The Labute approximate surface area is 53.1 Å². The average Bonchev–Trinajstić information content (AvgIpc) is 1.64. The maximum atomic E-state index is 10.2. The van der Waals surface area contributed by atoms with Crippen LogP contribution in [-0.2, 0) is 4.79 Å². The second-order valence-electron chi connectivity index (χ2n) is 1.37. The number of thiol groups is 1. The number of hydrogen-bond donors (Lipinski definition) is 3. The molecule has 0 saturated carbocycles. The summed E-state index contributed by atoms with van der Waals surface area (Å²) in [4.78, 5) is 10.2. The molecule has 0 rings (SSSR count). The van der Waals surface area contributed by atoms with E-state index in [1.54, 1.807) is 0 Å². The van der Waals surface area contributed by atoms with E-state index >= 15 is 0 Å². The molecule has 0 aromatic carbocycles. The van der Waals surface area contributed by atoms with E-state index in [9.17, 15) is 4.79 Å². The molecule has 0 aliphatic rings. The molecule has 0 bridgehead atoms. The van der Waals surface area contributed by atoms with E-state index in [4.69, 9.17) is 11.5 Å². The lowest BCUT2D eigenvalue weighted by molar-refractivity contribution is -0.114. The number of amides is 1. The van der Waals surface area contributed by atoms with Gasteiger partial charge < -0.3 is 11.5 Å². The Hall–Kier alpha value is -0.640. The van der Waals surface area contributed by atoms with E-state index in [1.807, 2.05) is 0 Å². The molecular weight excluding hydrogens is 124 g/mol. The average molecular weight is 132 g/mol. The molecule has 0 spiro atoms. The van der Waals surface area contributed by atoms with Crippen LogP contribution in [0.15, 0.2) is 10.6 Å². The van der Waals surface area contributed by atoms with Gasteiger partial charge in [-0.3, -0.25) is 4.79 Å². The first kappa shape index (κ1) is 7.36. The topological polar surface area (TPSA) is 69.1 Å². The minimum absolute atomic E-state index is 0.178. The Bertz CT molecular complexity index is 137. The Morgan fingerprint density at radius 3 is 1.88 bits per heavy atom. The first-order chi connectivity index (χ1) is 3.55. The molecular formula is C4H8N2OS. The predicted octanol–water partition coefficient (Wildman–Crippen LogP) is -0.408. The Morgan fingerprint density at radius 2 is 1.88 bits per heavy atom. The highest BCUT2D eigenvalue weighted by atomic mass is 32.1. The summed E-state index contributed by atoms with van der Waals surface area (Å²) in [5.41, 5.74) is 10.2. The van der Waals surface area contributed by atoms with Crippen molar-refractivity contribution in [3.63, 3.8) is 0 Å². The highest BCUT2D eigenvalue weighted by molar-refractivity contribution is 7.84. The van der Waals surface area contributed by atoms with Gasteiger partial charge in [0, 0.05) is 5.57 Å². The van der Waals surface area contributed by atoms with Gasteiger partial charge in [-0.2, -0.15) is 0 Å². The summed E-state index contributed by atoms with van der Waals surface area (Å²) in [6.07, 6.45) is 0. The molecule has 8 heavy (non-hydrogen) atoms. The zero-order valence-corrected chi connectivity index (χ0v) is 5.40. The van der Waals surface area contributed by atoms with Crippen molar-refractivity contribution in [3.05, 3.63) is 10.6 Å². The van der Waals surface area contributed by atoms with Gasteiger partial charge in [-0.05, 0) is 6.92 Å². The lowest BCUT2D eigenvalue weighted by atomic mass is 10.3. The van der Waals surface area contributed by atoms with Gasteiger partial charge in [0.2, 0.25) is 5.91 Å². The molecule has 0 aromatic rings. The summed E-state index contributed by atoms with van der Waals surface area (Å²) in [5, 5.41) is 0.178. The van der Waals surface area contributed by atoms with E-state index < -0.39 is 5.91 Å². The van der Waals surface area contributed by atoms with Crippen LogP contribution in [0, 0.1) is 0 Å². The highest BCUT2D eigenvalue weighted by Crippen LogP contribution is 1.98. The smallest absolute Gasteiger partial charge is 0.246 e. The fourth-order valence-corrected chi connectivity index (χ4v) is 0.236. The molecule has 0 heterocycles. The molecule has 0 aliphatic carbocycles. The van der Waals surface area contributed by atoms with Crippen LogP contribution in [-0.4, -0.2) is 5.91 Å². The minimum Gasteiger partial charge on any atom is -0.393 e. The van der Waals surface area contributed by atoms with Crippen molar-refractivity contribution in [2.45, 2.75) is 6.92 Å². The van der Waals surface area contributed by atoms with Crippen molar-refractivity contribution in [2.24, 2.45) is 11.5 Å². The van der Waals surface area contributed by atoms with Crippen LogP contribution in [0.2, 0.25) is 0 Å². The van der Waals surface area contributed by atoms with Crippen LogP contribution >= 0.6 is 12.6 Å². The molecule has 0 aromatic heterocycles. The van der Waals surface area contributed by atoms with E-state index in [2.05, 4.69) is 12.6 Å². The fourth-order valence-electron chi connectivity index (χ4n) is 0.126. The standard InChI is InChI=1S/C4H8N2OS/c1-2(3(5)7)4(6)8/h8H,6H2,1H3,(H2,5,7)/b4-2-. The predicted molar refractivity (Wildman–Crippen MR) is 35.1 cm³/mol. The van der Waals surface area contributed by atoms with Gasteiger partial charge >= 0.3 is 0 Å². The summed E-state index contributed by atoms with van der Waals surface area (Å²) >= 11 is 3.69. The summed E-state index contributed by atoms with van der Waals surface area (Å²) < 4.78 is 0. The van der Waals surface area contributed by atoms with Gasteiger partial charge in [0.15, 0.2) is 0 Å². The molecule has 3 nitrogen and oxygen atoms in total. The van der Waals surface area contributed by atoms with E-state index in [1.165, 1.54) is 6.92 Å². The van der Waals surface area contributed by atoms with Crippen LogP contribution in [0.5, 0.6) is 0 Å². The molecule has 0 unspecified atom stereocenters. The quantitative estimate of drug-likeness (QED) is 0.335. The maximum Gasteiger partial charge on any atom is 0.246 e. The van der Waals surface area contributed by atoms with Crippen molar-refractivity contribution in [1.82, 2.24) is 0 Å². The summed E-state index contributed by atoms with van der Waals surface area (Å²) in [6.45, 7) is 1.52. The third-order valence-corrected chi connectivity index (χ3v) is 1.09. The molecule has 0 radical (unpaired) electrons.